The van der Waals surface area contributed by atoms with Gasteiger partial charge in [0.15, 0.2) is 17.5 Å². The van der Waals surface area contributed by atoms with Gasteiger partial charge in [0.2, 0.25) is 10.0 Å². The summed E-state index contributed by atoms with van der Waals surface area (Å²) in [5.41, 5.74) is 0.602. The Morgan fingerprint density at radius 2 is 1.67 bits per heavy atom. The minimum absolute atomic E-state index is 0.497. The molecule has 0 fully saturated rings. The summed E-state index contributed by atoms with van der Waals surface area (Å²) < 4.78 is 71.8. The molecule has 0 saturated heterocycles. The maximum Gasteiger partial charge on any atom is 0.244 e. The molecule has 0 aromatic heterocycles. The van der Waals surface area contributed by atoms with Crippen LogP contribution < -0.4 is 9.46 Å². The van der Waals surface area contributed by atoms with Crippen molar-refractivity contribution in [3.05, 3.63) is 59.4 Å². The molecule has 0 spiro atoms. The molecule has 0 radical (unpaired) electrons. The van der Waals surface area contributed by atoms with Gasteiger partial charge in [-0.1, -0.05) is 12.1 Å². The monoisotopic (exact) mass is 359 g/mol. The number of benzene rings is 2. The first-order valence-electron chi connectivity index (χ1n) is 7.15. The number of hydrogen-bond donors (Lipinski definition) is 1. The highest BCUT2D eigenvalue weighted by atomic mass is 32.2. The van der Waals surface area contributed by atoms with Crippen LogP contribution in [0.3, 0.4) is 0 Å². The maximum absolute atomic E-state index is 13.7. The minimum atomic E-state index is -4.36. The third-order valence-corrected chi connectivity index (χ3v) is 4.87. The lowest BCUT2D eigenvalue weighted by Gasteiger charge is -2.16. The Balaban J connectivity index is 2.24. The van der Waals surface area contributed by atoms with Crippen molar-refractivity contribution in [2.24, 2.45) is 0 Å². The summed E-state index contributed by atoms with van der Waals surface area (Å²) in [4.78, 5) is -0.945. The zero-order valence-electron chi connectivity index (χ0n) is 13.0. The summed E-state index contributed by atoms with van der Waals surface area (Å²) in [6.07, 6.45) is 0. The third kappa shape index (κ3) is 3.88. The number of ether oxygens (including phenoxy) is 1. The van der Waals surface area contributed by atoms with E-state index in [1.54, 1.807) is 31.2 Å². The summed E-state index contributed by atoms with van der Waals surface area (Å²) in [5, 5.41) is 0. The van der Waals surface area contributed by atoms with Crippen molar-refractivity contribution in [3.63, 3.8) is 0 Å². The normalized spacial score (nSPS) is 12.9. The molecule has 4 nitrogen and oxygen atoms in total. The zero-order chi connectivity index (χ0) is 17.9. The molecule has 24 heavy (non-hydrogen) atoms. The molecule has 0 aliphatic heterocycles. The first-order valence-corrected chi connectivity index (χ1v) is 8.63. The fraction of sp³-hybridized carbons (Fsp3) is 0.250. The van der Waals surface area contributed by atoms with Gasteiger partial charge in [0, 0.05) is 6.04 Å². The molecule has 0 aliphatic rings. The summed E-state index contributed by atoms with van der Waals surface area (Å²) in [6, 6.07) is 7.18. The first kappa shape index (κ1) is 18.3. The number of hydrogen-bond acceptors (Lipinski definition) is 3. The summed E-state index contributed by atoms with van der Waals surface area (Å²) in [7, 11) is -4.36. The highest BCUT2D eigenvalue weighted by Gasteiger charge is 2.25. The molecule has 2 aromatic carbocycles. The second-order valence-corrected chi connectivity index (χ2v) is 6.70. The van der Waals surface area contributed by atoms with E-state index in [4.69, 9.17) is 4.74 Å². The van der Waals surface area contributed by atoms with Crippen LogP contribution in [0.15, 0.2) is 41.3 Å². The molecule has 1 unspecified atom stereocenters. The average molecular weight is 359 g/mol. The van der Waals surface area contributed by atoms with Crippen molar-refractivity contribution >= 4 is 10.0 Å². The van der Waals surface area contributed by atoms with E-state index < -0.39 is 38.4 Å². The minimum Gasteiger partial charge on any atom is -0.494 e. The second-order valence-electron chi connectivity index (χ2n) is 5.02. The van der Waals surface area contributed by atoms with Gasteiger partial charge in [0.25, 0.3) is 0 Å². The van der Waals surface area contributed by atoms with E-state index in [0.29, 0.717) is 30.1 Å². The fourth-order valence-electron chi connectivity index (χ4n) is 2.10. The highest BCUT2D eigenvalue weighted by Crippen LogP contribution is 2.23. The van der Waals surface area contributed by atoms with Crippen LogP contribution in [0.25, 0.3) is 0 Å². The molecule has 0 amide bonds. The first-order chi connectivity index (χ1) is 11.3. The van der Waals surface area contributed by atoms with Gasteiger partial charge in [-0.15, -0.1) is 0 Å². The quantitative estimate of drug-likeness (QED) is 0.803. The van der Waals surface area contributed by atoms with Crippen molar-refractivity contribution in [2.75, 3.05) is 6.61 Å². The summed E-state index contributed by atoms with van der Waals surface area (Å²) in [5.74, 6) is -4.40. The Kier molecular flexibility index (Phi) is 5.51. The van der Waals surface area contributed by atoms with Crippen LogP contribution in [-0.2, 0) is 10.0 Å². The lowest BCUT2D eigenvalue weighted by molar-refractivity contribution is 0.340. The van der Waals surface area contributed by atoms with Crippen LogP contribution in [0.1, 0.15) is 25.5 Å². The van der Waals surface area contributed by atoms with Crippen LogP contribution in [-0.4, -0.2) is 15.0 Å². The Hall–Kier alpha value is -2.06. The van der Waals surface area contributed by atoms with Crippen molar-refractivity contribution in [2.45, 2.75) is 24.8 Å². The van der Waals surface area contributed by atoms with Gasteiger partial charge in [-0.2, -0.15) is 0 Å². The van der Waals surface area contributed by atoms with Gasteiger partial charge >= 0.3 is 0 Å². The van der Waals surface area contributed by atoms with Crippen LogP contribution in [0.2, 0.25) is 0 Å². The predicted molar refractivity (Wildman–Crippen MR) is 82.7 cm³/mol. The van der Waals surface area contributed by atoms with Crippen molar-refractivity contribution in [1.29, 1.82) is 0 Å². The molecular weight excluding hydrogens is 343 g/mol. The van der Waals surface area contributed by atoms with Gasteiger partial charge in [0.1, 0.15) is 10.6 Å². The van der Waals surface area contributed by atoms with Crippen molar-refractivity contribution < 1.29 is 26.3 Å². The van der Waals surface area contributed by atoms with E-state index in [1.165, 1.54) is 0 Å². The predicted octanol–water partition coefficient (Wildman–Crippen LogP) is 3.54. The van der Waals surface area contributed by atoms with E-state index in [1.807, 2.05) is 6.92 Å². The molecule has 8 heteroatoms. The van der Waals surface area contributed by atoms with Crippen LogP contribution in [0, 0.1) is 17.5 Å². The van der Waals surface area contributed by atoms with E-state index in [9.17, 15) is 21.6 Å². The fourth-order valence-corrected chi connectivity index (χ4v) is 3.40. The Labute approximate surface area is 138 Å². The number of rotatable bonds is 6. The average Bonchev–Trinajstić information content (AvgIpc) is 2.53. The number of sulfonamides is 1. The van der Waals surface area contributed by atoms with Gasteiger partial charge < -0.3 is 4.74 Å². The molecule has 0 heterocycles. The van der Waals surface area contributed by atoms with E-state index in [2.05, 4.69) is 4.72 Å². The van der Waals surface area contributed by atoms with Crippen LogP contribution >= 0.6 is 0 Å². The van der Waals surface area contributed by atoms with E-state index >= 15 is 0 Å². The molecule has 2 rings (SSSR count). The van der Waals surface area contributed by atoms with Crippen molar-refractivity contribution in [1.82, 2.24) is 4.72 Å². The van der Waals surface area contributed by atoms with Crippen LogP contribution in [0.4, 0.5) is 13.2 Å². The number of halogens is 3. The van der Waals surface area contributed by atoms with Crippen LogP contribution in [0.5, 0.6) is 5.75 Å². The van der Waals surface area contributed by atoms with Gasteiger partial charge in [-0.25, -0.2) is 26.3 Å². The van der Waals surface area contributed by atoms with Crippen molar-refractivity contribution in [3.8, 4) is 5.75 Å². The summed E-state index contributed by atoms with van der Waals surface area (Å²) >= 11 is 0. The maximum atomic E-state index is 13.7. The number of nitrogens with one attached hydrogen (secondary N) is 1. The molecular formula is C16H16F3NO3S. The zero-order valence-corrected chi connectivity index (χ0v) is 13.8. The molecule has 0 bridgehead atoms. The molecule has 130 valence electrons. The van der Waals surface area contributed by atoms with Gasteiger partial charge in [-0.05, 0) is 43.7 Å². The lowest BCUT2D eigenvalue weighted by Crippen LogP contribution is -2.28. The lowest BCUT2D eigenvalue weighted by atomic mass is 10.1. The highest BCUT2D eigenvalue weighted by molar-refractivity contribution is 7.89. The van der Waals surface area contributed by atoms with Gasteiger partial charge in [0.05, 0.1) is 6.61 Å². The largest absolute Gasteiger partial charge is 0.494 e. The molecule has 0 aliphatic carbocycles. The molecule has 2 aromatic rings. The molecule has 1 N–H and O–H groups in total. The Bertz CT molecular complexity index is 823. The van der Waals surface area contributed by atoms with E-state index in [-0.39, 0.29) is 0 Å². The van der Waals surface area contributed by atoms with Gasteiger partial charge in [-0.3, -0.25) is 0 Å². The second kappa shape index (κ2) is 7.23. The standard InChI is InChI=1S/C16H16F3NO3S/c1-3-23-12-6-4-11(5-7-12)10(2)20-24(21,22)14-9-8-13(17)15(18)16(14)19/h4-10,20H,3H2,1-2H3. The Morgan fingerprint density at radius 1 is 1.04 bits per heavy atom. The smallest absolute Gasteiger partial charge is 0.244 e. The summed E-state index contributed by atoms with van der Waals surface area (Å²) in [6.45, 7) is 3.88. The SMILES string of the molecule is CCOc1ccc(C(C)NS(=O)(=O)c2ccc(F)c(F)c2F)cc1. The molecule has 0 saturated carbocycles. The molecule has 1 atom stereocenters. The van der Waals surface area contributed by atoms with E-state index in [0.717, 1.165) is 0 Å². The topological polar surface area (TPSA) is 55.4 Å². The third-order valence-electron chi connectivity index (χ3n) is 3.31. The Morgan fingerprint density at radius 3 is 2.25 bits per heavy atom.